The second-order valence-electron chi connectivity index (χ2n) is 6.05. The average Bonchev–Trinajstić information content (AvgIpc) is 3.19. The average molecular weight is 374 g/mol. The Morgan fingerprint density at radius 1 is 1.19 bits per heavy atom. The van der Waals surface area contributed by atoms with Crippen LogP contribution >= 0.6 is 11.6 Å². The molecule has 3 rings (SSSR count). The Bertz CT molecular complexity index is 791. The van der Waals surface area contributed by atoms with Gasteiger partial charge in [0.2, 0.25) is 0 Å². The highest BCUT2D eigenvalue weighted by Crippen LogP contribution is 2.15. The minimum atomic E-state index is -0.318. The molecule has 0 aliphatic carbocycles. The summed E-state index contributed by atoms with van der Waals surface area (Å²) >= 11 is 6.08. The number of pyridine rings is 1. The van der Waals surface area contributed by atoms with Gasteiger partial charge >= 0.3 is 0 Å². The Hall–Kier alpha value is -2.44. The largest absolute Gasteiger partial charge is 0.376 e. The fraction of sp³-hybridized carbons (Fsp3) is 0.316. The lowest BCUT2D eigenvalue weighted by Crippen LogP contribution is -2.32. The van der Waals surface area contributed by atoms with Crippen LogP contribution in [0.1, 0.15) is 39.3 Å². The summed E-state index contributed by atoms with van der Waals surface area (Å²) in [5, 5.41) is 6.19. The van der Waals surface area contributed by atoms with Gasteiger partial charge in [0.15, 0.2) is 0 Å². The highest BCUT2D eigenvalue weighted by molar-refractivity contribution is 6.31. The second-order valence-corrected chi connectivity index (χ2v) is 6.46. The fourth-order valence-electron chi connectivity index (χ4n) is 2.72. The summed E-state index contributed by atoms with van der Waals surface area (Å²) in [5.74, 6) is -0.609. The normalized spacial score (nSPS) is 16.3. The van der Waals surface area contributed by atoms with Crippen LogP contribution < -0.4 is 10.6 Å². The van der Waals surface area contributed by atoms with E-state index in [1.54, 1.807) is 12.1 Å². The van der Waals surface area contributed by atoms with E-state index in [1.807, 2.05) is 18.2 Å². The van der Waals surface area contributed by atoms with Crippen molar-refractivity contribution < 1.29 is 14.3 Å². The van der Waals surface area contributed by atoms with E-state index in [4.69, 9.17) is 16.3 Å². The number of ether oxygens (including phenoxy) is 1. The Morgan fingerprint density at radius 2 is 2.04 bits per heavy atom. The first-order chi connectivity index (χ1) is 12.6. The van der Waals surface area contributed by atoms with Gasteiger partial charge in [-0.15, -0.1) is 0 Å². The van der Waals surface area contributed by atoms with Crippen molar-refractivity contribution in [3.8, 4) is 0 Å². The maximum atomic E-state index is 12.3. The van der Waals surface area contributed by atoms with E-state index >= 15 is 0 Å². The van der Waals surface area contributed by atoms with Crippen LogP contribution in [0.15, 0.2) is 42.6 Å². The van der Waals surface area contributed by atoms with Crippen LogP contribution in [0, 0.1) is 0 Å². The lowest BCUT2D eigenvalue weighted by atomic mass is 10.2. The lowest BCUT2D eigenvalue weighted by molar-refractivity contribution is 0.0853. The molecule has 26 heavy (non-hydrogen) atoms. The third-order valence-electron chi connectivity index (χ3n) is 4.17. The van der Waals surface area contributed by atoms with Gasteiger partial charge in [-0.1, -0.05) is 29.8 Å². The van der Waals surface area contributed by atoms with Gasteiger partial charge in [-0.05, 0) is 36.6 Å². The predicted octanol–water partition coefficient (Wildman–Crippen LogP) is 2.57. The molecule has 1 saturated heterocycles. The Morgan fingerprint density at radius 3 is 2.81 bits per heavy atom. The summed E-state index contributed by atoms with van der Waals surface area (Å²) in [5.41, 5.74) is 1.40. The minimum absolute atomic E-state index is 0.0565. The molecule has 0 radical (unpaired) electrons. The molecule has 2 heterocycles. The summed E-state index contributed by atoms with van der Waals surface area (Å²) in [6.07, 6.45) is 3.46. The molecule has 0 saturated carbocycles. The van der Waals surface area contributed by atoms with Crippen molar-refractivity contribution in [3.05, 3.63) is 64.4 Å². The summed E-state index contributed by atoms with van der Waals surface area (Å²) in [6, 6.07) is 10.4. The quantitative estimate of drug-likeness (QED) is 0.815. The Labute approximate surface area is 156 Å². The van der Waals surface area contributed by atoms with Crippen molar-refractivity contribution >= 4 is 23.4 Å². The molecule has 1 fully saturated rings. The number of carbonyl (C=O) groups is 2. The second kappa shape index (κ2) is 8.78. The van der Waals surface area contributed by atoms with Gasteiger partial charge in [0.25, 0.3) is 11.8 Å². The summed E-state index contributed by atoms with van der Waals surface area (Å²) in [6.45, 7) is 1.49. The minimum Gasteiger partial charge on any atom is -0.376 e. The molecule has 1 aromatic carbocycles. The monoisotopic (exact) mass is 373 g/mol. The van der Waals surface area contributed by atoms with Crippen molar-refractivity contribution in [1.82, 2.24) is 15.6 Å². The van der Waals surface area contributed by atoms with Gasteiger partial charge in [0.1, 0.15) is 5.69 Å². The number of nitrogens with zero attached hydrogens (tertiary/aromatic N) is 1. The maximum Gasteiger partial charge on any atom is 0.269 e. The van der Waals surface area contributed by atoms with Gasteiger partial charge in [0, 0.05) is 36.5 Å². The number of hydrogen-bond donors (Lipinski definition) is 2. The van der Waals surface area contributed by atoms with Crippen LogP contribution in [-0.4, -0.2) is 36.1 Å². The summed E-state index contributed by atoms with van der Waals surface area (Å²) in [4.78, 5) is 28.6. The van der Waals surface area contributed by atoms with Gasteiger partial charge < -0.3 is 15.4 Å². The predicted molar refractivity (Wildman–Crippen MR) is 98.2 cm³/mol. The highest BCUT2D eigenvalue weighted by Gasteiger charge is 2.18. The van der Waals surface area contributed by atoms with Crippen molar-refractivity contribution in [3.63, 3.8) is 0 Å². The molecule has 0 spiro atoms. The first-order valence-electron chi connectivity index (χ1n) is 8.51. The number of rotatable bonds is 6. The number of carbonyl (C=O) groups excluding carboxylic acids is 2. The van der Waals surface area contributed by atoms with Crippen LogP contribution in [-0.2, 0) is 11.3 Å². The fourth-order valence-corrected chi connectivity index (χ4v) is 2.92. The first kappa shape index (κ1) is 18.4. The Kier molecular flexibility index (Phi) is 6.20. The molecule has 0 bridgehead atoms. The zero-order valence-electron chi connectivity index (χ0n) is 14.2. The highest BCUT2D eigenvalue weighted by atomic mass is 35.5. The van der Waals surface area contributed by atoms with Crippen molar-refractivity contribution in [2.24, 2.45) is 0 Å². The van der Waals surface area contributed by atoms with Gasteiger partial charge in [-0.2, -0.15) is 0 Å². The van der Waals surface area contributed by atoms with Crippen molar-refractivity contribution in [2.75, 3.05) is 13.2 Å². The van der Waals surface area contributed by atoms with Gasteiger partial charge in [-0.25, -0.2) is 0 Å². The number of aromatic nitrogens is 1. The van der Waals surface area contributed by atoms with Gasteiger partial charge in [0.05, 0.1) is 6.10 Å². The molecule has 136 valence electrons. The molecule has 6 nitrogen and oxygen atoms in total. The van der Waals surface area contributed by atoms with Crippen LogP contribution in [0.25, 0.3) is 0 Å². The molecule has 1 atom stereocenters. The van der Waals surface area contributed by atoms with E-state index in [-0.39, 0.29) is 23.6 Å². The van der Waals surface area contributed by atoms with E-state index in [0.29, 0.717) is 23.7 Å². The zero-order chi connectivity index (χ0) is 18.4. The van der Waals surface area contributed by atoms with Crippen LogP contribution in [0.3, 0.4) is 0 Å². The molecule has 1 unspecified atom stereocenters. The van der Waals surface area contributed by atoms with Crippen LogP contribution in [0.2, 0.25) is 5.02 Å². The molecule has 1 aromatic heterocycles. The molecule has 1 aliphatic rings. The number of halogens is 1. The van der Waals surface area contributed by atoms with Crippen LogP contribution in [0.5, 0.6) is 0 Å². The smallest absolute Gasteiger partial charge is 0.269 e. The SMILES string of the molecule is O=C(NCc1ccccc1Cl)c1ccnc(C(=O)NCC2CCCO2)c1. The topological polar surface area (TPSA) is 80.3 Å². The third kappa shape index (κ3) is 4.80. The number of hydrogen-bond acceptors (Lipinski definition) is 4. The van der Waals surface area contributed by atoms with Crippen LogP contribution in [0.4, 0.5) is 0 Å². The summed E-state index contributed by atoms with van der Waals surface area (Å²) in [7, 11) is 0. The Balaban J connectivity index is 1.58. The molecule has 7 heteroatoms. The van der Waals surface area contributed by atoms with E-state index < -0.39 is 0 Å². The zero-order valence-corrected chi connectivity index (χ0v) is 15.0. The van der Waals surface area contributed by atoms with Crippen molar-refractivity contribution in [1.29, 1.82) is 0 Å². The van der Waals surface area contributed by atoms with Crippen molar-refractivity contribution in [2.45, 2.75) is 25.5 Å². The number of nitrogens with one attached hydrogen (secondary N) is 2. The third-order valence-corrected chi connectivity index (χ3v) is 4.54. The number of amides is 2. The van der Waals surface area contributed by atoms with E-state index in [1.165, 1.54) is 12.3 Å². The molecule has 1 aliphatic heterocycles. The molecular weight excluding hydrogens is 354 g/mol. The molecular formula is C19H20ClN3O3. The lowest BCUT2D eigenvalue weighted by Gasteiger charge is -2.11. The van der Waals surface area contributed by atoms with Gasteiger partial charge in [-0.3, -0.25) is 14.6 Å². The van der Waals surface area contributed by atoms with E-state index in [0.717, 1.165) is 25.0 Å². The standard InChI is InChI=1S/C19H20ClN3O3/c20-16-6-2-1-4-14(16)11-22-18(24)13-7-8-21-17(10-13)19(25)23-12-15-5-3-9-26-15/h1-2,4,6-8,10,15H,3,5,9,11-12H2,(H,22,24)(H,23,25). The molecule has 2 aromatic rings. The molecule has 2 amide bonds. The summed E-state index contributed by atoms with van der Waals surface area (Å²) < 4.78 is 5.47. The molecule has 2 N–H and O–H groups in total. The van der Waals surface area contributed by atoms with E-state index in [2.05, 4.69) is 15.6 Å². The number of benzene rings is 1. The first-order valence-corrected chi connectivity index (χ1v) is 8.89. The van der Waals surface area contributed by atoms with E-state index in [9.17, 15) is 9.59 Å². The maximum absolute atomic E-state index is 12.3.